The van der Waals surface area contributed by atoms with Gasteiger partial charge in [-0.2, -0.15) is 0 Å². The van der Waals surface area contributed by atoms with Gasteiger partial charge in [0, 0.05) is 6.54 Å². The van der Waals surface area contributed by atoms with Gasteiger partial charge in [-0.1, -0.05) is 6.07 Å². The summed E-state index contributed by atoms with van der Waals surface area (Å²) < 4.78 is 15.3. The zero-order valence-corrected chi connectivity index (χ0v) is 14.5. The predicted molar refractivity (Wildman–Crippen MR) is 94.4 cm³/mol. The van der Waals surface area contributed by atoms with E-state index in [4.69, 9.17) is 14.2 Å². The Hall–Kier alpha value is -3.03. The minimum Gasteiger partial charge on any atom is -0.493 e. The Kier molecular flexibility index (Phi) is 6.82. The molecular formula is C17H22N4O4. The summed E-state index contributed by atoms with van der Waals surface area (Å²) in [6, 6.07) is 9.20. The quantitative estimate of drug-likeness (QED) is 0.759. The van der Waals surface area contributed by atoms with Gasteiger partial charge >= 0.3 is 6.09 Å². The summed E-state index contributed by atoms with van der Waals surface area (Å²) in [4.78, 5) is 11.3. The van der Waals surface area contributed by atoms with Crippen LogP contribution in [0.25, 0.3) is 0 Å². The summed E-state index contributed by atoms with van der Waals surface area (Å²) in [6.07, 6.45) is 0.233. The predicted octanol–water partition coefficient (Wildman–Crippen LogP) is 2.72. The van der Waals surface area contributed by atoms with Gasteiger partial charge in [-0.05, 0) is 43.2 Å². The molecule has 1 aromatic carbocycles. The molecule has 1 amide bonds. The minimum atomic E-state index is -0.550. The number of ether oxygens (including phenoxy) is 3. The van der Waals surface area contributed by atoms with Gasteiger partial charge in [0.05, 0.1) is 20.8 Å². The topological polar surface area (TPSA) is 94.6 Å². The smallest absolute Gasteiger partial charge is 0.412 e. The van der Waals surface area contributed by atoms with E-state index in [1.54, 1.807) is 33.3 Å². The van der Waals surface area contributed by atoms with E-state index < -0.39 is 6.09 Å². The SMILES string of the molecule is CCOC(=O)Nc1ccc(NCCc2ccc(OC)c(OC)c2)nn1. The van der Waals surface area contributed by atoms with Crippen LogP contribution in [0.15, 0.2) is 30.3 Å². The van der Waals surface area contributed by atoms with Crippen molar-refractivity contribution in [2.24, 2.45) is 0 Å². The number of aromatic nitrogens is 2. The van der Waals surface area contributed by atoms with Crippen molar-refractivity contribution in [2.45, 2.75) is 13.3 Å². The lowest BCUT2D eigenvalue weighted by Gasteiger charge is -2.10. The van der Waals surface area contributed by atoms with Crippen molar-refractivity contribution in [1.82, 2.24) is 10.2 Å². The highest BCUT2D eigenvalue weighted by Gasteiger charge is 2.06. The first-order chi connectivity index (χ1) is 12.2. The average molecular weight is 346 g/mol. The summed E-state index contributed by atoms with van der Waals surface area (Å²) in [6.45, 7) is 2.71. The molecule has 0 aliphatic heterocycles. The van der Waals surface area contributed by atoms with Crippen molar-refractivity contribution in [3.8, 4) is 11.5 Å². The molecule has 8 heteroatoms. The molecule has 1 aromatic heterocycles. The van der Waals surface area contributed by atoms with Crippen LogP contribution in [0, 0.1) is 0 Å². The normalized spacial score (nSPS) is 10.0. The van der Waals surface area contributed by atoms with Crippen molar-refractivity contribution < 1.29 is 19.0 Å². The second-order valence-corrected chi connectivity index (χ2v) is 5.02. The maximum absolute atomic E-state index is 11.3. The Morgan fingerprint density at radius 2 is 1.76 bits per heavy atom. The molecule has 2 aromatic rings. The molecule has 25 heavy (non-hydrogen) atoms. The second kappa shape index (κ2) is 9.31. The first kappa shape index (κ1) is 18.3. The van der Waals surface area contributed by atoms with Gasteiger partial charge in [-0.15, -0.1) is 10.2 Å². The summed E-state index contributed by atoms with van der Waals surface area (Å²) >= 11 is 0. The van der Waals surface area contributed by atoms with E-state index in [0.29, 0.717) is 36.3 Å². The lowest BCUT2D eigenvalue weighted by Crippen LogP contribution is -2.15. The molecule has 0 radical (unpaired) electrons. The Morgan fingerprint density at radius 3 is 2.40 bits per heavy atom. The number of methoxy groups -OCH3 is 2. The van der Waals surface area contributed by atoms with Crippen LogP contribution < -0.4 is 20.1 Å². The summed E-state index contributed by atoms with van der Waals surface area (Å²) in [7, 11) is 3.22. The highest BCUT2D eigenvalue weighted by atomic mass is 16.5. The molecule has 0 saturated heterocycles. The Morgan fingerprint density at radius 1 is 1.04 bits per heavy atom. The molecule has 2 rings (SSSR count). The van der Waals surface area contributed by atoms with Crippen LogP contribution in [0.2, 0.25) is 0 Å². The molecular weight excluding hydrogens is 324 g/mol. The Balaban J connectivity index is 1.84. The largest absolute Gasteiger partial charge is 0.493 e. The van der Waals surface area contributed by atoms with E-state index in [2.05, 4.69) is 20.8 Å². The first-order valence-corrected chi connectivity index (χ1v) is 7.88. The highest BCUT2D eigenvalue weighted by molar-refractivity contribution is 5.83. The number of carbonyl (C=O) groups excluding carboxylic acids is 1. The number of nitrogens with one attached hydrogen (secondary N) is 2. The zero-order valence-electron chi connectivity index (χ0n) is 14.5. The monoisotopic (exact) mass is 346 g/mol. The number of hydrogen-bond donors (Lipinski definition) is 2. The molecule has 0 fully saturated rings. The van der Waals surface area contributed by atoms with E-state index in [1.165, 1.54) is 0 Å². The molecule has 0 saturated carbocycles. The van der Waals surface area contributed by atoms with E-state index in [0.717, 1.165) is 12.0 Å². The molecule has 0 aliphatic carbocycles. The zero-order chi connectivity index (χ0) is 18.1. The third-order valence-electron chi connectivity index (χ3n) is 3.34. The van der Waals surface area contributed by atoms with Gasteiger partial charge in [-0.25, -0.2) is 4.79 Å². The number of rotatable bonds is 8. The molecule has 8 nitrogen and oxygen atoms in total. The van der Waals surface area contributed by atoms with Crippen LogP contribution in [0.3, 0.4) is 0 Å². The summed E-state index contributed by atoms with van der Waals surface area (Å²) in [5.41, 5.74) is 1.11. The molecule has 0 aliphatic rings. The number of nitrogens with zero attached hydrogens (tertiary/aromatic N) is 2. The molecule has 0 bridgehead atoms. The van der Waals surface area contributed by atoms with Gasteiger partial charge in [0.2, 0.25) is 0 Å². The number of amides is 1. The number of hydrogen-bond acceptors (Lipinski definition) is 7. The fraction of sp³-hybridized carbons (Fsp3) is 0.353. The fourth-order valence-corrected chi connectivity index (χ4v) is 2.14. The van der Waals surface area contributed by atoms with Gasteiger partial charge in [-0.3, -0.25) is 5.32 Å². The minimum absolute atomic E-state index is 0.301. The van der Waals surface area contributed by atoms with Gasteiger partial charge in [0.15, 0.2) is 17.3 Å². The second-order valence-electron chi connectivity index (χ2n) is 5.02. The van der Waals surface area contributed by atoms with Crippen molar-refractivity contribution in [3.05, 3.63) is 35.9 Å². The van der Waals surface area contributed by atoms with E-state index >= 15 is 0 Å². The summed E-state index contributed by atoms with van der Waals surface area (Å²) in [5, 5.41) is 13.6. The lowest BCUT2D eigenvalue weighted by molar-refractivity contribution is 0.168. The Labute approximate surface area is 146 Å². The first-order valence-electron chi connectivity index (χ1n) is 7.88. The maximum atomic E-state index is 11.3. The number of benzene rings is 1. The van der Waals surface area contributed by atoms with Gasteiger partial charge in [0.25, 0.3) is 0 Å². The van der Waals surface area contributed by atoms with Crippen LogP contribution >= 0.6 is 0 Å². The van der Waals surface area contributed by atoms with E-state index in [1.807, 2.05) is 18.2 Å². The van der Waals surface area contributed by atoms with E-state index in [-0.39, 0.29) is 0 Å². The standard InChI is InChI=1S/C17H22N4O4/c1-4-25-17(22)19-16-8-7-15(20-21-16)18-10-9-12-5-6-13(23-2)14(11-12)24-3/h5-8,11H,4,9-10H2,1-3H3,(H,18,20)(H,19,21,22). The molecule has 1 heterocycles. The van der Waals surface area contributed by atoms with Crippen LogP contribution in [-0.4, -0.2) is 43.7 Å². The lowest BCUT2D eigenvalue weighted by atomic mass is 10.1. The molecule has 0 spiro atoms. The van der Waals surface area contributed by atoms with Gasteiger partial charge < -0.3 is 19.5 Å². The third-order valence-corrected chi connectivity index (χ3v) is 3.34. The van der Waals surface area contributed by atoms with E-state index in [9.17, 15) is 4.79 Å². The third kappa shape index (κ3) is 5.52. The molecule has 0 unspecified atom stereocenters. The maximum Gasteiger partial charge on any atom is 0.412 e. The highest BCUT2D eigenvalue weighted by Crippen LogP contribution is 2.27. The van der Waals surface area contributed by atoms with Crippen molar-refractivity contribution >= 4 is 17.7 Å². The van der Waals surface area contributed by atoms with Crippen LogP contribution in [-0.2, 0) is 11.2 Å². The fourth-order valence-electron chi connectivity index (χ4n) is 2.14. The Bertz CT molecular complexity index is 692. The number of carbonyl (C=O) groups is 1. The molecule has 0 atom stereocenters. The van der Waals surface area contributed by atoms with Crippen LogP contribution in [0.5, 0.6) is 11.5 Å². The van der Waals surface area contributed by atoms with Crippen molar-refractivity contribution in [3.63, 3.8) is 0 Å². The van der Waals surface area contributed by atoms with Crippen molar-refractivity contribution in [2.75, 3.05) is 38.0 Å². The van der Waals surface area contributed by atoms with Crippen LogP contribution in [0.4, 0.5) is 16.4 Å². The average Bonchev–Trinajstić information content (AvgIpc) is 2.63. The summed E-state index contributed by atoms with van der Waals surface area (Å²) in [5.74, 6) is 2.36. The van der Waals surface area contributed by atoms with Gasteiger partial charge in [0.1, 0.15) is 5.82 Å². The van der Waals surface area contributed by atoms with Crippen molar-refractivity contribution in [1.29, 1.82) is 0 Å². The molecule has 2 N–H and O–H groups in total. The molecule has 134 valence electrons. The number of anilines is 2. The van der Waals surface area contributed by atoms with Crippen LogP contribution in [0.1, 0.15) is 12.5 Å².